The van der Waals surface area contributed by atoms with E-state index in [1.165, 1.54) is 6.92 Å². The second-order valence-corrected chi connectivity index (χ2v) is 5.75. The molecule has 0 saturated heterocycles. The van der Waals surface area contributed by atoms with Crippen LogP contribution in [0, 0.1) is 0 Å². The molecule has 0 fully saturated rings. The van der Waals surface area contributed by atoms with Crippen LogP contribution in [-0.4, -0.2) is 36.4 Å². The highest BCUT2D eigenvalue weighted by Crippen LogP contribution is 2.10. The van der Waals surface area contributed by atoms with Gasteiger partial charge in [0.2, 0.25) is 0 Å². The van der Waals surface area contributed by atoms with Crippen LogP contribution < -0.4 is 5.32 Å². The monoisotopic (exact) mass is 259 g/mol. The van der Waals surface area contributed by atoms with E-state index < -0.39 is 21.5 Å². The van der Waals surface area contributed by atoms with Crippen LogP contribution in [0.2, 0.25) is 0 Å². The van der Waals surface area contributed by atoms with Gasteiger partial charge in [0, 0.05) is 13.1 Å². The van der Waals surface area contributed by atoms with Crippen molar-refractivity contribution in [2.24, 2.45) is 0 Å². The van der Waals surface area contributed by atoms with Gasteiger partial charge < -0.3 is 10.4 Å². The molecule has 0 bridgehead atoms. The normalized spacial score (nSPS) is 15.5. The minimum atomic E-state index is -4.01. The zero-order valence-electron chi connectivity index (χ0n) is 9.57. The molecule has 5 nitrogen and oxygen atoms in total. The summed E-state index contributed by atoms with van der Waals surface area (Å²) in [6.45, 7) is 1.74. The fraction of sp³-hybridized carbons (Fsp3) is 0.455. The lowest BCUT2D eigenvalue weighted by Gasteiger charge is -2.14. The van der Waals surface area contributed by atoms with Crippen LogP contribution in [-0.2, 0) is 10.1 Å². The summed E-state index contributed by atoms with van der Waals surface area (Å²) in [5.74, 6) is 0. The molecule has 0 spiro atoms. The van der Waals surface area contributed by atoms with Crippen LogP contribution in [0.4, 0.5) is 0 Å². The maximum absolute atomic E-state index is 10.7. The van der Waals surface area contributed by atoms with Crippen molar-refractivity contribution in [3.05, 3.63) is 35.9 Å². The van der Waals surface area contributed by atoms with Crippen molar-refractivity contribution in [1.29, 1.82) is 0 Å². The van der Waals surface area contributed by atoms with E-state index in [2.05, 4.69) is 5.32 Å². The standard InChI is InChI=1S/C11H17NO4S/c1-9(17(14,15)16)7-12-8-11(13)10-5-3-2-4-6-10/h2-6,9,11-13H,7-8H2,1H3,(H,14,15,16)/t9?,11-/m1/s1. The van der Waals surface area contributed by atoms with Gasteiger partial charge in [0.05, 0.1) is 11.4 Å². The van der Waals surface area contributed by atoms with Crippen LogP contribution in [0.15, 0.2) is 30.3 Å². The van der Waals surface area contributed by atoms with Crippen molar-refractivity contribution < 1.29 is 18.1 Å². The predicted molar refractivity (Wildman–Crippen MR) is 65.3 cm³/mol. The molecule has 1 unspecified atom stereocenters. The van der Waals surface area contributed by atoms with Gasteiger partial charge in [-0.3, -0.25) is 4.55 Å². The first-order chi connectivity index (χ1) is 7.91. The van der Waals surface area contributed by atoms with E-state index in [9.17, 15) is 13.5 Å². The van der Waals surface area contributed by atoms with Crippen LogP contribution >= 0.6 is 0 Å². The Morgan fingerprint density at radius 3 is 2.35 bits per heavy atom. The topological polar surface area (TPSA) is 86.6 Å². The molecule has 0 saturated carbocycles. The Kier molecular flexibility index (Phi) is 5.07. The van der Waals surface area contributed by atoms with Gasteiger partial charge in [-0.05, 0) is 12.5 Å². The molecule has 3 N–H and O–H groups in total. The van der Waals surface area contributed by atoms with Gasteiger partial charge in [0.15, 0.2) is 0 Å². The minimum Gasteiger partial charge on any atom is -0.387 e. The number of hydrogen-bond acceptors (Lipinski definition) is 4. The molecule has 17 heavy (non-hydrogen) atoms. The molecule has 1 aromatic rings. The highest BCUT2D eigenvalue weighted by molar-refractivity contribution is 7.86. The highest BCUT2D eigenvalue weighted by atomic mass is 32.2. The zero-order chi connectivity index (χ0) is 12.9. The molecular formula is C11H17NO4S. The van der Waals surface area contributed by atoms with Gasteiger partial charge in [0.1, 0.15) is 0 Å². The van der Waals surface area contributed by atoms with Crippen molar-refractivity contribution in [3.63, 3.8) is 0 Å². The number of rotatable bonds is 6. The molecule has 0 aliphatic heterocycles. The van der Waals surface area contributed by atoms with E-state index in [-0.39, 0.29) is 13.1 Å². The average molecular weight is 259 g/mol. The molecular weight excluding hydrogens is 242 g/mol. The average Bonchev–Trinajstić information content (AvgIpc) is 2.28. The molecule has 1 rings (SSSR count). The first-order valence-corrected chi connectivity index (χ1v) is 6.81. The third-order valence-corrected chi connectivity index (χ3v) is 3.65. The summed E-state index contributed by atoms with van der Waals surface area (Å²) in [6, 6.07) is 9.07. The van der Waals surface area contributed by atoms with E-state index in [1.54, 1.807) is 12.1 Å². The minimum absolute atomic E-state index is 0.0999. The van der Waals surface area contributed by atoms with Crippen LogP contribution in [0.25, 0.3) is 0 Å². The molecule has 0 amide bonds. The first kappa shape index (κ1) is 14.1. The van der Waals surface area contributed by atoms with Gasteiger partial charge in [-0.25, -0.2) is 0 Å². The predicted octanol–water partition coefficient (Wildman–Crippen LogP) is 0.586. The van der Waals surface area contributed by atoms with Gasteiger partial charge in [-0.1, -0.05) is 30.3 Å². The Bertz CT molecular complexity index is 432. The highest BCUT2D eigenvalue weighted by Gasteiger charge is 2.17. The van der Waals surface area contributed by atoms with Gasteiger partial charge in [-0.15, -0.1) is 0 Å². The summed E-state index contributed by atoms with van der Waals surface area (Å²) >= 11 is 0. The smallest absolute Gasteiger partial charge is 0.268 e. The zero-order valence-corrected chi connectivity index (χ0v) is 10.4. The number of benzene rings is 1. The molecule has 0 heterocycles. The van der Waals surface area contributed by atoms with Crippen molar-refractivity contribution in [2.75, 3.05) is 13.1 Å². The van der Waals surface area contributed by atoms with Gasteiger partial charge in [-0.2, -0.15) is 8.42 Å². The van der Waals surface area contributed by atoms with Crippen LogP contribution in [0.5, 0.6) is 0 Å². The Labute approximate surface area is 101 Å². The third-order valence-electron chi connectivity index (χ3n) is 2.46. The van der Waals surface area contributed by atoms with E-state index in [4.69, 9.17) is 4.55 Å². The summed E-state index contributed by atoms with van der Waals surface area (Å²) in [4.78, 5) is 0. The quantitative estimate of drug-likeness (QED) is 0.651. The lowest BCUT2D eigenvalue weighted by Crippen LogP contribution is -2.33. The lowest BCUT2D eigenvalue weighted by molar-refractivity contribution is 0.175. The molecule has 96 valence electrons. The largest absolute Gasteiger partial charge is 0.387 e. The summed E-state index contributed by atoms with van der Waals surface area (Å²) in [5, 5.41) is 11.7. The Morgan fingerprint density at radius 2 is 1.82 bits per heavy atom. The van der Waals surface area contributed by atoms with Crippen LogP contribution in [0.1, 0.15) is 18.6 Å². The second-order valence-electron chi connectivity index (χ2n) is 3.91. The first-order valence-electron chi connectivity index (χ1n) is 5.31. The SMILES string of the molecule is CC(CNC[C@@H](O)c1ccccc1)S(=O)(=O)O. The number of hydrogen-bond donors (Lipinski definition) is 3. The van der Waals surface area contributed by atoms with Crippen molar-refractivity contribution >= 4 is 10.1 Å². The van der Waals surface area contributed by atoms with E-state index in [0.717, 1.165) is 5.56 Å². The lowest BCUT2D eigenvalue weighted by atomic mass is 10.1. The summed E-state index contributed by atoms with van der Waals surface area (Å²) in [7, 11) is -4.01. The van der Waals surface area contributed by atoms with Gasteiger partial charge >= 0.3 is 0 Å². The molecule has 0 aliphatic rings. The molecule has 1 aromatic carbocycles. The van der Waals surface area contributed by atoms with Crippen molar-refractivity contribution in [1.82, 2.24) is 5.32 Å². The number of nitrogens with one attached hydrogen (secondary N) is 1. The fourth-order valence-electron chi connectivity index (χ4n) is 1.32. The maximum Gasteiger partial charge on any atom is 0.268 e. The molecule has 0 aliphatic carbocycles. The van der Waals surface area contributed by atoms with E-state index >= 15 is 0 Å². The van der Waals surface area contributed by atoms with Crippen LogP contribution in [0.3, 0.4) is 0 Å². The maximum atomic E-state index is 10.7. The molecule has 2 atom stereocenters. The number of aliphatic hydroxyl groups is 1. The second kappa shape index (κ2) is 6.11. The third kappa shape index (κ3) is 4.82. The summed E-state index contributed by atoms with van der Waals surface area (Å²) in [6.07, 6.45) is -0.690. The fourth-order valence-corrected chi connectivity index (χ4v) is 1.65. The summed E-state index contributed by atoms with van der Waals surface area (Å²) < 4.78 is 30.2. The molecule has 0 radical (unpaired) electrons. The Morgan fingerprint density at radius 1 is 1.24 bits per heavy atom. The Hall–Kier alpha value is -0.950. The summed E-state index contributed by atoms with van der Waals surface area (Å²) in [5.41, 5.74) is 0.763. The Balaban J connectivity index is 2.38. The molecule has 6 heteroatoms. The van der Waals surface area contributed by atoms with Crippen molar-refractivity contribution in [3.8, 4) is 0 Å². The van der Waals surface area contributed by atoms with E-state index in [0.29, 0.717) is 0 Å². The molecule has 0 aromatic heterocycles. The van der Waals surface area contributed by atoms with Gasteiger partial charge in [0.25, 0.3) is 10.1 Å². The number of aliphatic hydroxyl groups excluding tert-OH is 1. The van der Waals surface area contributed by atoms with Crippen molar-refractivity contribution in [2.45, 2.75) is 18.3 Å². The van der Waals surface area contributed by atoms with E-state index in [1.807, 2.05) is 18.2 Å².